The van der Waals surface area contributed by atoms with E-state index in [-0.39, 0.29) is 24.6 Å². The van der Waals surface area contributed by atoms with E-state index in [1.54, 1.807) is 0 Å². The highest BCUT2D eigenvalue weighted by atomic mass is 16.7. The van der Waals surface area contributed by atoms with E-state index in [9.17, 15) is 4.79 Å². The number of ether oxygens (including phenoxy) is 3. The van der Waals surface area contributed by atoms with Crippen molar-refractivity contribution >= 4 is 5.97 Å². The van der Waals surface area contributed by atoms with Gasteiger partial charge in [-0.15, -0.1) is 0 Å². The number of hydrogen-bond donors (Lipinski definition) is 0. The predicted octanol–water partition coefficient (Wildman–Crippen LogP) is 2.08. The summed E-state index contributed by atoms with van der Waals surface area (Å²) in [4.78, 5) is 11.5. The summed E-state index contributed by atoms with van der Waals surface area (Å²) in [6, 6.07) is 5.86. The molecule has 0 aromatic heterocycles. The Hall–Kier alpha value is -1.71. The Morgan fingerprint density at radius 3 is 3.06 bits per heavy atom. The first-order chi connectivity index (χ1) is 8.29. The van der Waals surface area contributed by atoms with Gasteiger partial charge >= 0.3 is 5.97 Å². The van der Waals surface area contributed by atoms with Crippen molar-refractivity contribution in [1.29, 1.82) is 0 Å². The molecule has 17 heavy (non-hydrogen) atoms. The zero-order valence-electron chi connectivity index (χ0n) is 9.64. The molecular formula is C13H14O4. The number of hydrogen-bond acceptors (Lipinski definition) is 4. The third-order valence-electron chi connectivity index (χ3n) is 3.20. The Labute approximate surface area is 99.5 Å². The number of esters is 1. The Morgan fingerprint density at radius 1 is 1.41 bits per heavy atom. The van der Waals surface area contributed by atoms with Crippen LogP contribution < -0.4 is 9.47 Å². The molecule has 2 atom stereocenters. The molecule has 4 heteroatoms. The monoisotopic (exact) mass is 234 g/mol. The second-order valence-electron chi connectivity index (χ2n) is 4.31. The summed E-state index contributed by atoms with van der Waals surface area (Å²) in [5.41, 5.74) is 1.13. The Kier molecular flexibility index (Phi) is 2.42. The van der Waals surface area contributed by atoms with Crippen molar-refractivity contribution in [3.63, 3.8) is 0 Å². The van der Waals surface area contributed by atoms with Crippen LogP contribution in [0.3, 0.4) is 0 Å². The quantitative estimate of drug-likeness (QED) is 0.751. The van der Waals surface area contributed by atoms with Gasteiger partial charge in [-0.25, -0.2) is 0 Å². The van der Waals surface area contributed by atoms with Gasteiger partial charge in [-0.2, -0.15) is 0 Å². The number of carbonyl (C=O) groups is 1. The zero-order chi connectivity index (χ0) is 11.8. The molecule has 1 saturated carbocycles. The van der Waals surface area contributed by atoms with Crippen molar-refractivity contribution in [3.8, 4) is 11.5 Å². The van der Waals surface area contributed by atoms with Gasteiger partial charge in [0, 0.05) is 0 Å². The van der Waals surface area contributed by atoms with Gasteiger partial charge in [-0.1, -0.05) is 6.07 Å². The van der Waals surface area contributed by atoms with Crippen LogP contribution in [0.1, 0.15) is 24.8 Å². The lowest BCUT2D eigenvalue weighted by atomic mass is 10.1. The lowest BCUT2D eigenvalue weighted by Gasteiger charge is -2.03. The van der Waals surface area contributed by atoms with Crippen LogP contribution in [0.5, 0.6) is 11.5 Å². The highest BCUT2D eigenvalue weighted by molar-refractivity contribution is 5.77. The molecule has 2 aliphatic rings. The summed E-state index contributed by atoms with van der Waals surface area (Å²) in [6.07, 6.45) is 0.873. The molecule has 0 bridgehead atoms. The largest absolute Gasteiger partial charge is 0.466 e. The van der Waals surface area contributed by atoms with Gasteiger partial charge in [-0.3, -0.25) is 4.79 Å². The zero-order valence-corrected chi connectivity index (χ0v) is 9.64. The highest BCUT2D eigenvalue weighted by Gasteiger charge is 2.45. The van der Waals surface area contributed by atoms with E-state index < -0.39 is 0 Å². The van der Waals surface area contributed by atoms with Gasteiger partial charge in [0.1, 0.15) is 0 Å². The fraction of sp³-hybridized carbons (Fsp3) is 0.462. The number of benzene rings is 1. The molecule has 1 heterocycles. The molecule has 0 N–H and O–H groups in total. The standard InChI is InChI=1S/C13H14O4/c1-2-15-13(14)10-6-9(10)8-3-4-11-12(5-8)17-7-16-11/h3-5,9-10H,2,6-7H2,1H3/t9-,10-/m0/s1. The van der Waals surface area contributed by atoms with Gasteiger partial charge in [0.15, 0.2) is 11.5 Å². The maximum absolute atomic E-state index is 11.5. The molecule has 1 aromatic carbocycles. The topological polar surface area (TPSA) is 44.8 Å². The lowest BCUT2D eigenvalue weighted by Crippen LogP contribution is -2.07. The van der Waals surface area contributed by atoms with E-state index in [0.29, 0.717) is 6.61 Å². The summed E-state index contributed by atoms with van der Waals surface area (Å²) in [7, 11) is 0. The van der Waals surface area contributed by atoms with Crippen LogP contribution in [0.15, 0.2) is 18.2 Å². The summed E-state index contributed by atoms with van der Waals surface area (Å²) in [5, 5.41) is 0. The Morgan fingerprint density at radius 2 is 2.24 bits per heavy atom. The average Bonchev–Trinajstić information content (AvgIpc) is 3.00. The van der Waals surface area contributed by atoms with E-state index >= 15 is 0 Å². The van der Waals surface area contributed by atoms with E-state index in [2.05, 4.69) is 0 Å². The van der Waals surface area contributed by atoms with Gasteiger partial charge in [0.05, 0.1) is 12.5 Å². The Bertz CT molecular complexity index is 455. The molecular weight excluding hydrogens is 220 g/mol. The highest BCUT2D eigenvalue weighted by Crippen LogP contribution is 2.50. The number of fused-ring (bicyclic) bond motifs is 1. The van der Waals surface area contributed by atoms with E-state index in [1.165, 1.54) is 0 Å². The van der Waals surface area contributed by atoms with Crippen LogP contribution in [0.25, 0.3) is 0 Å². The maximum Gasteiger partial charge on any atom is 0.309 e. The molecule has 1 aliphatic carbocycles. The van der Waals surface area contributed by atoms with Gasteiger partial charge in [-0.05, 0) is 37.0 Å². The molecule has 1 aliphatic heterocycles. The summed E-state index contributed by atoms with van der Waals surface area (Å²) in [5.74, 6) is 1.77. The van der Waals surface area contributed by atoms with Crippen molar-refractivity contribution in [3.05, 3.63) is 23.8 Å². The van der Waals surface area contributed by atoms with E-state index in [1.807, 2.05) is 25.1 Å². The van der Waals surface area contributed by atoms with E-state index in [0.717, 1.165) is 23.5 Å². The summed E-state index contributed by atoms with van der Waals surface area (Å²) < 4.78 is 15.6. The smallest absolute Gasteiger partial charge is 0.309 e. The van der Waals surface area contributed by atoms with Crippen LogP contribution in [-0.2, 0) is 9.53 Å². The Balaban J connectivity index is 1.73. The first-order valence-corrected chi connectivity index (χ1v) is 5.85. The normalized spacial score (nSPS) is 24.5. The summed E-state index contributed by atoms with van der Waals surface area (Å²) >= 11 is 0. The minimum atomic E-state index is -0.0878. The fourth-order valence-corrected chi connectivity index (χ4v) is 2.22. The maximum atomic E-state index is 11.5. The SMILES string of the molecule is CCOC(=O)[C@H]1C[C@H]1c1ccc2c(c1)OCO2. The molecule has 4 nitrogen and oxygen atoms in total. The molecule has 90 valence electrons. The van der Waals surface area contributed by atoms with Gasteiger partial charge in [0.25, 0.3) is 0 Å². The molecule has 0 amide bonds. The summed E-state index contributed by atoms with van der Waals surface area (Å²) in [6.45, 7) is 2.56. The third kappa shape index (κ3) is 1.84. The van der Waals surface area contributed by atoms with Crippen molar-refractivity contribution in [2.75, 3.05) is 13.4 Å². The molecule has 1 fully saturated rings. The van der Waals surface area contributed by atoms with Crippen LogP contribution in [0.4, 0.5) is 0 Å². The lowest BCUT2D eigenvalue weighted by molar-refractivity contribution is -0.144. The van der Waals surface area contributed by atoms with Crippen molar-refractivity contribution < 1.29 is 19.0 Å². The molecule has 0 unspecified atom stereocenters. The van der Waals surface area contributed by atoms with Crippen LogP contribution in [-0.4, -0.2) is 19.4 Å². The first kappa shape index (κ1) is 10.4. The van der Waals surface area contributed by atoms with Gasteiger partial charge < -0.3 is 14.2 Å². The van der Waals surface area contributed by atoms with Crippen LogP contribution >= 0.6 is 0 Å². The minimum absolute atomic E-state index is 0.0234. The van der Waals surface area contributed by atoms with Crippen molar-refractivity contribution in [2.24, 2.45) is 5.92 Å². The first-order valence-electron chi connectivity index (χ1n) is 5.85. The van der Waals surface area contributed by atoms with E-state index in [4.69, 9.17) is 14.2 Å². The molecule has 0 saturated heterocycles. The third-order valence-corrected chi connectivity index (χ3v) is 3.20. The van der Waals surface area contributed by atoms with Crippen LogP contribution in [0, 0.1) is 5.92 Å². The van der Waals surface area contributed by atoms with Crippen LogP contribution in [0.2, 0.25) is 0 Å². The predicted molar refractivity (Wildman–Crippen MR) is 60.0 cm³/mol. The fourth-order valence-electron chi connectivity index (χ4n) is 2.22. The van der Waals surface area contributed by atoms with Gasteiger partial charge in [0.2, 0.25) is 6.79 Å². The van der Waals surface area contributed by atoms with Crippen molar-refractivity contribution in [2.45, 2.75) is 19.3 Å². The number of carbonyl (C=O) groups excluding carboxylic acids is 1. The van der Waals surface area contributed by atoms with Crippen molar-refractivity contribution in [1.82, 2.24) is 0 Å². The molecule has 0 spiro atoms. The average molecular weight is 234 g/mol. The second-order valence-corrected chi connectivity index (χ2v) is 4.31. The molecule has 3 rings (SSSR count). The molecule has 0 radical (unpaired) electrons. The number of rotatable bonds is 3. The minimum Gasteiger partial charge on any atom is -0.466 e. The second kappa shape index (κ2) is 3.95. The molecule has 1 aromatic rings.